The molecule has 1 aromatic heterocycles. The van der Waals surface area contributed by atoms with Crippen molar-refractivity contribution in [3.63, 3.8) is 0 Å². The average molecular weight is 336 g/mol. The summed E-state index contributed by atoms with van der Waals surface area (Å²) in [7, 11) is 1.45. The standard InChI is InChI=1S/C19H29NO2S/c1-6-14(7-2)20-15-12-16(23-17(15)18(21)22-5)13-8-10-19(3,4)11-9-13/h8,12,14,20H,6-7,9-11H2,1-5H3. The summed E-state index contributed by atoms with van der Waals surface area (Å²) in [4.78, 5) is 14.0. The van der Waals surface area contributed by atoms with Gasteiger partial charge in [0.15, 0.2) is 0 Å². The minimum atomic E-state index is -0.244. The predicted molar refractivity (Wildman–Crippen MR) is 99.3 cm³/mol. The number of allylic oxidation sites excluding steroid dienone is 2. The highest BCUT2D eigenvalue weighted by Gasteiger charge is 2.25. The molecule has 1 aromatic rings. The number of methoxy groups -OCH3 is 1. The van der Waals surface area contributed by atoms with Gasteiger partial charge in [0.25, 0.3) is 0 Å². The van der Waals surface area contributed by atoms with Gasteiger partial charge < -0.3 is 10.1 Å². The van der Waals surface area contributed by atoms with E-state index in [0.717, 1.165) is 31.4 Å². The number of carbonyl (C=O) groups excluding carboxylic acids is 1. The topological polar surface area (TPSA) is 38.3 Å². The molecule has 128 valence electrons. The molecule has 0 aromatic carbocycles. The van der Waals surface area contributed by atoms with Gasteiger partial charge in [0.2, 0.25) is 0 Å². The highest BCUT2D eigenvalue weighted by Crippen LogP contribution is 2.42. The number of ether oxygens (including phenoxy) is 1. The van der Waals surface area contributed by atoms with E-state index in [-0.39, 0.29) is 5.97 Å². The van der Waals surface area contributed by atoms with E-state index in [9.17, 15) is 4.79 Å². The fourth-order valence-electron chi connectivity index (χ4n) is 2.91. The van der Waals surface area contributed by atoms with Gasteiger partial charge in [-0.1, -0.05) is 33.8 Å². The minimum Gasteiger partial charge on any atom is -0.465 e. The van der Waals surface area contributed by atoms with Crippen LogP contribution in [0.2, 0.25) is 0 Å². The van der Waals surface area contributed by atoms with Gasteiger partial charge in [-0.3, -0.25) is 0 Å². The summed E-state index contributed by atoms with van der Waals surface area (Å²) in [5.41, 5.74) is 2.69. The largest absolute Gasteiger partial charge is 0.465 e. The van der Waals surface area contributed by atoms with Gasteiger partial charge in [-0.15, -0.1) is 11.3 Å². The van der Waals surface area contributed by atoms with Crippen molar-refractivity contribution < 1.29 is 9.53 Å². The van der Waals surface area contributed by atoms with Crippen LogP contribution in [0.4, 0.5) is 5.69 Å². The maximum Gasteiger partial charge on any atom is 0.350 e. The average Bonchev–Trinajstić information content (AvgIpc) is 2.95. The molecule has 0 fully saturated rings. The fraction of sp³-hybridized carbons (Fsp3) is 0.632. The fourth-order valence-corrected chi connectivity index (χ4v) is 4.02. The summed E-state index contributed by atoms with van der Waals surface area (Å²) in [6, 6.07) is 2.53. The highest BCUT2D eigenvalue weighted by atomic mass is 32.1. The third kappa shape index (κ3) is 4.37. The zero-order chi connectivity index (χ0) is 17.0. The Balaban J connectivity index is 2.30. The van der Waals surface area contributed by atoms with Crippen molar-refractivity contribution >= 4 is 28.6 Å². The SMILES string of the molecule is CCC(CC)Nc1cc(C2=CCC(C)(C)CC2)sc1C(=O)OC. The summed E-state index contributed by atoms with van der Waals surface area (Å²) >= 11 is 1.56. The second kappa shape index (κ2) is 7.52. The number of hydrogen-bond donors (Lipinski definition) is 1. The number of nitrogens with one attached hydrogen (secondary N) is 1. The zero-order valence-electron chi connectivity index (χ0n) is 15.0. The zero-order valence-corrected chi connectivity index (χ0v) is 15.8. The van der Waals surface area contributed by atoms with Crippen molar-refractivity contribution in [2.24, 2.45) is 5.41 Å². The molecule has 0 bridgehead atoms. The first-order valence-corrected chi connectivity index (χ1v) is 9.40. The summed E-state index contributed by atoms with van der Waals surface area (Å²) in [6.07, 6.45) is 7.80. The molecule has 1 aliphatic rings. The Kier molecular flexibility index (Phi) is 5.90. The first kappa shape index (κ1) is 18.1. The Morgan fingerprint density at radius 1 is 1.39 bits per heavy atom. The summed E-state index contributed by atoms with van der Waals surface area (Å²) in [6.45, 7) is 8.96. The molecule has 0 saturated carbocycles. The van der Waals surface area contributed by atoms with Gasteiger partial charge in [0, 0.05) is 10.9 Å². The van der Waals surface area contributed by atoms with E-state index in [4.69, 9.17) is 4.74 Å². The third-order valence-electron chi connectivity index (χ3n) is 4.74. The molecule has 0 aliphatic heterocycles. The normalized spacial score (nSPS) is 17.0. The van der Waals surface area contributed by atoms with E-state index in [2.05, 4.69) is 45.2 Å². The predicted octanol–water partition coefficient (Wildman–Crippen LogP) is 5.73. The van der Waals surface area contributed by atoms with Crippen molar-refractivity contribution in [1.29, 1.82) is 0 Å². The lowest BCUT2D eigenvalue weighted by molar-refractivity contribution is 0.0607. The smallest absolute Gasteiger partial charge is 0.350 e. The maximum absolute atomic E-state index is 12.1. The molecular weight excluding hydrogens is 306 g/mol. The molecule has 1 N–H and O–H groups in total. The summed E-state index contributed by atoms with van der Waals surface area (Å²) in [5.74, 6) is -0.244. The Morgan fingerprint density at radius 3 is 2.61 bits per heavy atom. The third-order valence-corrected chi connectivity index (χ3v) is 5.93. The van der Waals surface area contributed by atoms with Crippen LogP contribution in [0.1, 0.15) is 74.3 Å². The summed E-state index contributed by atoms with van der Waals surface area (Å²) in [5, 5.41) is 3.52. The molecule has 2 rings (SSSR count). The molecule has 0 radical (unpaired) electrons. The lowest BCUT2D eigenvalue weighted by atomic mass is 9.78. The van der Waals surface area contributed by atoms with Crippen molar-refractivity contribution in [3.8, 4) is 0 Å². The molecule has 23 heavy (non-hydrogen) atoms. The van der Waals surface area contributed by atoms with Crippen LogP contribution in [0.25, 0.3) is 5.57 Å². The van der Waals surface area contributed by atoms with Crippen LogP contribution in [0.5, 0.6) is 0 Å². The number of esters is 1. The second-order valence-electron chi connectivity index (χ2n) is 7.10. The van der Waals surface area contributed by atoms with Crippen LogP contribution >= 0.6 is 11.3 Å². The number of rotatable bonds is 6. The molecule has 0 saturated heterocycles. The van der Waals surface area contributed by atoms with Crippen molar-refractivity contribution in [2.45, 2.75) is 65.8 Å². The molecule has 0 atom stereocenters. The van der Waals surface area contributed by atoms with Crippen LogP contribution in [-0.4, -0.2) is 19.1 Å². The number of thiophene rings is 1. The van der Waals surface area contributed by atoms with E-state index < -0.39 is 0 Å². The van der Waals surface area contributed by atoms with Gasteiger partial charge in [-0.2, -0.15) is 0 Å². The molecule has 0 spiro atoms. The van der Waals surface area contributed by atoms with E-state index >= 15 is 0 Å². The summed E-state index contributed by atoms with van der Waals surface area (Å²) < 4.78 is 4.97. The number of anilines is 1. The van der Waals surface area contributed by atoms with E-state index in [1.54, 1.807) is 11.3 Å². The minimum absolute atomic E-state index is 0.244. The molecule has 0 unspecified atom stereocenters. The highest BCUT2D eigenvalue weighted by molar-refractivity contribution is 7.15. The molecule has 1 heterocycles. The molecule has 0 amide bonds. The Labute approximate surface area is 144 Å². The quantitative estimate of drug-likeness (QED) is 0.675. The maximum atomic E-state index is 12.1. The molecular formula is C19H29NO2S. The number of hydrogen-bond acceptors (Lipinski definition) is 4. The lowest BCUT2D eigenvalue weighted by Gasteiger charge is -2.28. The molecule has 1 aliphatic carbocycles. The monoisotopic (exact) mass is 335 g/mol. The van der Waals surface area contributed by atoms with Crippen molar-refractivity contribution in [3.05, 3.63) is 21.9 Å². The van der Waals surface area contributed by atoms with Crippen molar-refractivity contribution in [2.75, 3.05) is 12.4 Å². The second-order valence-corrected chi connectivity index (χ2v) is 8.15. The van der Waals surface area contributed by atoms with Crippen molar-refractivity contribution in [1.82, 2.24) is 0 Å². The van der Waals surface area contributed by atoms with Gasteiger partial charge >= 0.3 is 5.97 Å². The lowest BCUT2D eigenvalue weighted by Crippen LogP contribution is -2.18. The van der Waals surface area contributed by atoms with Crippen LogP contribution < -0.4 is 5.32 Å². The van der Waals surface area contributed by atoms with E-state index in [0.29, 0.717) is 16.3 Å². The van der Waals surface area contributed by atoms with Crippen LogP contribution in [0, 0.1) is 5.41 Å². The van der Waals surface area contributed by atoms with E-state index in [1.165, 1.54) is 24.0 Å². The van der Waals surface area contributed by atoms with E-state index in [1.807, 2.05) is 0 Å². The molecule has 4 heteroatoms. The Bertz CT molecular complexity index is 582. The van der Waals surface area contributed by atoms with Crippen LogP contribution in [-0.2, 0) is 4.74 Å². The van der Waals surface area contributed by atoms with Gasteiger partial charge in [-0.05, 0) is 49.2 Å². The molecule has 3 nitrogen and oxygen atoms in total. The Morgan fingerprint density at radius 2 is 2.09 bits per heavy atom. The first-order valence-electron chi connectivity index (χ1n) is 8.58. The Hall–Kier alpha value is -1.29. The van der Waals surface area contributed by atoms with Crippen LogP contribution in [0.15, 0.2) is 12.1 Å². The van der Waals surface area contributed by atoms with Gasteiger partial charge in [0.1, 0.15) is 4.88 Å². The number of carbonyl (C=O) groups is 1. The van der Waals surface area contributed by atoms with Crippen LogP contribution in [0.3, 0.4) is 0 Å². The van der Waals surface area contributed by atoms with Gasteiger partial charge in [0.05, 0.1) is 12.8 Å². The van der Waals surface area contributed by atoms with Gasteiger partial charge in [-0.25, -0.2) is 4.79 Å². The first-order chi connectivity index (χ1) is 10.9.